The summed E-state index contributed by atoms with van der Waals surface area (Å²) in [6.07, 6.45) is 7.90. The lowest BCUT2D eigenvalue weighted by Gasteiger charge is -2.13. The van der Waals surface area contributed by atoms with Crippen LogP contribution in [0.5, 0.6) is 11.5 Å². The smallest absolute Gasteiger partial charge is 0.337 e. The lowest BCUT2D eigenvalue weighted by Crippen LogP contribution is -2.08. The van der Waals surface area contributed by atoms with Gasteiger partial charge in [-0.05, 0) is 86.7 Å². The molecule has 0 aliphatic rings. The average Bonchev–Trinajstić information content (AvgIpc) is 2.99. The van der Waals surface area contributed by atoms with Gasteiger partial charge in [0.15, 0.2) is 0 Å². The number of ether oxygens (including phenoxy) is 4. The molecule has 3 rings (SSSR count). The van der Waals surface area contributed by atoms with Gasteiger partial charge in [0.1, 0.15) is 11.5 Å². The zero-order valence-corrected chi connectivity index (χ0v) is 24.1. The minimum Gasteiger partial charge on any atom is -0.494 e. The molecule has 0 N–H and O–H groups in total. The third kappa shape index (κ3) is 11.6. The summed E-state index contributed by atoms with van der Waals surface area (Å²) in [4.78, 5) is 24.7. The Balaban J connectivity index is 1.45. The molecule has 1 atom stereocenters. The third-order valence-electron chi connectivity index (χ3n) is 5.95. The van der Waals surface area contributed by atoms with Crippen LogP contribution in [0.1, 0.15) is 48.5 Å². The number of unbranched alkanes of at least 4 members (excludes halogenated alkanes) is 1. The molecular formula is C33H38O6S. The van der Waals surface area contributed by atoms with E-state index >= 15 is 0 Å². The molecule has 0 aliphatic carbocycles. The van der Waals surface area contributed by atoms with Crippen LogP contribution in [0.4, 0.5) is 0 Å². The Hall–Kier alpha value is -3.71. The first kappa shape index (κ1) is 30.8. The SMILES string of the molecule is CCOC(=O)CC[C@@H](/C=C\Cc1ccc(OCCCCOc2ccccc2)cc1)Sc1ccc(C(=O)OC)cc1. The van der Waals surface area contributed by atoms with Gasteiger partial charge in [-0.2, -0.15) is 0 Å². The summed E-state index contributed by atoms with van der Waals surface area (Å²) in [7, 11) is 1.37. The second kappa shape index (κ2) is 17.8. The highest BCUT2D eigenvalue weighted by atomic mass is 32.2. The maximum atomic E-state index is 11.9. The summed E-state index contributed by atoms with van der Waals surface area (Å²) >= 11 is 1.65. The van der Waals surface area contributed by atoms with Gasteiger partial charge in [-0.3, -0.25) is 4.79 Å². The number of rotatable bonds is 17. The highest BCUT2D eigenvalue weighted by Crippen LogP contribution is 2.28. The first-order valence-corrected chi connectivity index (χ1v) is 14.5. The fourth-order valence-corrected chi connectivity index (χ4v) is 4.90. The van der Waals surface area contributed by atoms with Crippen LogP contribution >= 0.6 is 11.8 Å². The monoisotopic (exact) mass is 562 g/mol. The highest BCUT2D eigenvalue weighted by molar-refractivity contribution is 8.00. The Kier molecular flexibility index (Phi) is 13.7. The van der Waals surface area contributed by atoms with Crippen molar-refractivity contribution in [1.82, 2.24) is 0 Å². The van der Waals surface area contributed by atoms with E-state index in [0.29, 0.717) is 38.2 Å². The molecule has 0 aliphatic heterocycles. The van der Waals surface area contributed by atoms with E-state index in [1.807, 2.05) is 61.5 Å². The topological polar surface area (TPSA) is 71.1 Å². The number of methoxy groups -OCH3 is 1. The predicted octanol–water partition coefficient (Wildman–Crippen LogP) is 7.31. The largest absolute Gasteiger partial charge is 0.494 e. The Morgan fingerprint density at radius 2 is 1.50 bits per heavy atom. The maximum absolute atomic E-state index is 11.9. The molecule has 0 spiro atoms. The summed E-state index contributed by atoms with van der Waals surface area (Å²) < 4.78 is 21.5. The van der Waals surface area contributed by atoms with Crippen LogP contribution in [0.15, 0.2) is 95.9 Å². The van der Waals surface area contributed by atoms with Crippen molar-refractivity contribution in [2.45, 2.75) is 49.2 Å². The Labute approximate surface area is 241 Å². The molecule has 0 heterocycles. The highest BCUT2D eigenvalue weighted by Gasteiger charge is 2.12. The van der Waals surface area contributed by atoms with Gasteiger partial charge in [0.05, 0.1) is 32.5 Å². The third-order valence-corrected chi connectivity index (χ3v) is 7.19. The first-order chi connectivity index (χ1) is 19.6. The van der Waals surface area contributed by atoms with Crippen molar-refractivity contribution in [3.63, 3.8) is 0 Å². The number of hydrogen-bond acceptors (Lipinski definition) is 7. The normalized spacial score (nSPS) is 11.7. The van der Waals surface area contributed by atoms with Gasteiger partial charge < -0.3 is 18.9 Å². The van der Waals surface area contributed by atoms with E-state index in [1.165, 1.54) is 12.7 Å². The molecule has 3 aromatic carbocycles. The molecule has 40 heavy (non-hydrogen) atoms. The lowest BCUT2D eigenvalue weighted by atomic mass is 10.1. The van der Waals surface area contributed by atoms with Gasteiger partial charge in [-0.25, -0.2) is 4.79 Å². The molecule has 7 heteroatoms. The predicted molar refractivity (Wildman–Crippen MR) is 159 cm³/mol. The maximum Gasteiger partial charge on any atom is 0.337 e. The summed E-state index contributed by atoms with van der Waals surface area (Å²) in [5.74, 6) is 1.20. The Morgan fingerprint density at radius 1 is 0.850 bits per heavy atom. The molecule has 0 radical (unpaired) electrons. The fourth-order valence-electron chi connectivity index (χ4n) is 3.83. The van der Waals surface area contributed by atoms with Crippen LogP contribution in [0, 0.1) is 0 Å². The van der Waals surface area contributed by atoms with E-state index < -0.39 is 0 Å². The van der Waals surface area contributed by atoms with E-state index in [2.05, 4.69) is 24.3 Å². The van der Waals surface area contributed by atoms with Crippen LogP contribution in [-0.2, 0) is 20.7 Å². The molecule has 0 aromatic heterocycles. The molecule has 0 bridgehead atoms. The Morgan fingerprint density at radius 3 is 2.12 bits per heavy atom. The van der Waals surface area contributed by atoms with Crippen LogP contribution in [0.3, 0.4) is 0 Å². The number of para-hydroxylation sites is 1. The minimum absolute atomic E-state index is 0.0851. The average molecular weight is 563 g/mol. The zero-order chi connectivity index (χ0) is 28.4. The van der Waals surface area contributed by atoms with Gasteiger partial charge in [0, 0.05) is 16.6 Å². The molecular weight excluding hydrogens is 524 g/mol. The first-order valence-electron chi connectivity index (χ1n) is 13.6. The summed E-state index contributed by atoms with van der Waals surface area (Å²) in [5, 5.41) is 0.0851. The van der Waals surface area contributed by atoms with E-state index in [9.17, 15) is 9.59 Å². The van der Waals surface area contributed by atoms with E-state index in [0.717, 1.165) is 35.7 Å². The van der Waals surface area contributed by atoms with Gasteiger partial charge in [-0.1, -0.05) is 42.5 Å². The number of hydrogen-bond donors (Lipinski definition) is 0. The Bertz CT molecular complexity index is 1180. The fraction of sp³-hybridized carbons (Fsp3) is 0.333. The van der Waals surface area contributed by atoms with Crippen molar-refractivity contribution in [3.05, 3.63) is 102 Å². The van der Waals surface area contributed by atoms with E-state index in [4.69, 9.17) is 18.9 Å². The number of carbonyl (C=O) groups is 2. The van der Waals surface area contributed by atoms with E-state index in [1.54, 1.807) is 23.9 Å². The summed E-state index contributed by atoms with van der Waals surface area (Å²) in [6.45, 7) is 3.52. The van der Waals surface area contributed by atoms with Gasteiger partial charge in [0.2, 0.25) is 0 Å². The van der Waals surface area contributed by atoms with Crippen molar-refractivity contribution in [2.24, 2.45) is 0 Å². The van der Waals surface area contributed by atoms with E-state index in [-0.39, 0.29) is 17.2 Å². The zero-order valence-electron chi connectivity index (χ0n) is 23.3. The number of benzene rings is 3. The van der Waals surface area contributed by atoms with Gasteiger partial charge >= 0.3 is 11.9 Å². The molecule has 3 aromatic rings. The quantitative estimate of drug-likeness (QED) is 0.0739. The number of allylic oxidation sites excluding steroid dienone is 1. The van der Waals surface area contributed by atoms with Gasteiger partial charge in [-0.15, -0.1) is 11.8 Å². The molecule has 0 fully saturated rings. The van der Waals surface area contributed by atoms with Crippen LogP contribution in [-0.4, -0.2) is 44.1 Å². The molecule has 0 saturated carbocycles. The lowest BCUT2D eigenvalue weighted by molar-refractivity contribution is -0.143. The number of carbonyl (C=O) groups excluding carboxylic acids is 2. The summed E-state index contributed by atoms with van der Waals surface area (Å²) in [6, 6.07) is 25.3. The van der Waals surface area contributed by atoms with Gasteiger partial charge in [0.25, 0.3) is 0 Å². The minimum atomic E-state index is -0.361. The molecule has 212 valence electrons. The molecule has 0 unspecified atom stereocenters. The number of thioether (sulfide) groups is 1. The second-order valence-corrected chi connectivity index (χ2v) is 10.3. The molecule has 6 nitrogen and oxygen atoms in total. The van der Waals surface area contributed by atoms with Crippen molar-refractivity contribution in [1.29, 1.82) is 0 Å². The van der Waals surface area contributed by atoms with Crippen LogP contribution < -0.4 is 9.47 Å². The van der Waals surface area contributed by atoms with Crippen molar-refractivity contribution < 1.29 is 28.5 Å². The van der Waals surface area contributed by atoms with Crippen molar-refractivity contribution in [2.75, 3.05) is 26.9 Å². The summed E-state index contributed by atoms with van der Waals surface area (Å²) in [5.41, 5.74) is 1.69. The van der Waals surface area contributed by atoms with Crippen LogP contribution in [0.25, 0.3) is 0 Å². The van der Waals surface area contributed by atoms with Crippen molar-refractivity contribution in [3.8, 4) is 11.5 Å². The second-order valence-electron chi connectivity index (χ2n) is 9.01. The van der Waals surface area contributed by atoms with Crippen LogP contribution in [0.2, 0.25) is 0 Å². The van der Waals surface area contributed by atoms with Crippen molar-refractivity contribution >= 4 is 23.7 Å². The number of esters is 2. The standard InChI is InChI=1S/C33H38O6S/c1-3-37-32(34)23-22-30(40-31-20-16-27(17-21-31)33(35)36-2)13-9-10-26-14-18-29(19-15-26)39-25-8-7-24-38-28-11-5-4-6-12-28/h4-6,9,11-21,30H,3,7-8,10,22-25H2,1-2H3/b13-9-/t30-/m1/s1. The molecule has 0 saturated heterocycles. The molecule has 0 amide bonds.